The van der Waals surface area contributed by atoms with Crippen LogP contribution in [0.1, 0.15) is 31.2 Å². The zero-order valence-corrected chi connectivity index (χ0v) is 21.0. The van der Waals surface area contributed by atoms with Crippen LogP contribution in [0.2, 0.25) is 10.0 Å². The van der Waals surface area contributed by atoms with E-state index in [0.29, 0.717) is 44.9 Å². The monoisotopic (exact) mass is 507 g/mol. The fourth-order valence-corrected chi connectivity index (χ4v) is 5.33. The van der Waals surface area contributed by atoms with E-state index in [1.807, 2.05) is 6.07 Å². The minimum absolute atomic E-state index is 0.206. The summed E-state index contributed by atoms with van der Waals surface area (Å²) in [5.74, 6) is 0.539. The highest BCUT2D eigenvalue weighted by atomic mass is 35.5. The maximum Gasteiger partial charge on any atom is 0.259 e. The molecule has 0 aliphatic heterocycles. The van der Waals surface area contributed by atoms with Gasteiger partial charge in [-0.05, 0) is 49.4 Å². The predicted octanol–water partition coefficient (Wildman–Crippen LogP) is 5.82. The molecule has 1 fully saturated rings. The Morgan fingerprint density at radius 3 is 2.37 bits per heavy atom. The summed E-state index contributed by atoms with van der Waals surface area (Å²) in [6.45, 7) is 0.896. The maximum absolute atomic E-state index is 13.1. The first kappa shape index (κ1) is 23.8. The molecule has 1 aliphatic rings. The van der Waals surface area contributed by atoms with Gasteiger partial charge in [-0.25, -0.2) is 4.98 Å². The van der Waals surface area contributed by atoms with Crippen molar-refractivity contribution < 1.29 is 0 Å². The molecule has 1 saturated carbocycles. The van der Waals surface area contributed by atoms with Gasteiger partial charge in [0, 0.05) is 42.8 Å². The normalized spacial score (nSPS) is 18.0. The van der Waals surface area contributed by atoms with E-state index in [1.54, 1.807) is 37.5 Å². The molecule has 35 heavy (non-hydrogen) atoms. The van der Waals surface area contributed by atoms with Gasteiger partial charge < -0.3 is 10.6 Å². The molecule has 0 atom stereocenters. The van der Waals surface area contributed by atoms with Crippen LogP contribution in [-0.2, 0) is 13.6 Å². The summed E-state index contributed by atoms with van der Waals surface area (Å²) in [6.07, 6.45) is 6.01. The Morgan fingerprint density at radius 2 is 1.66 bits per heavy atom. The largest absolute Gasteiger partial charge is 0.351 e. The summed E-state index contributed by atoms with van der Waals surface area (Å²) in [6, 6.07) is 18.3. The quantitative estimate of drug-likeness (QED) is 0.344. The molecule has 4 aromatic rings. The Bertz CT molecular complexity index is 1380. The third kappa shape index (κ3) is 5.20. The third-order valence-corrected chi connectivity index (χ3v) is 7.31. The van der Waals surface area contributed by atoms with E-state index in [-0.39, 0.29) is 5.56 Å². The first-order chi connectivity index (χ1) is 17.0. The number of rotatable bonds is 6. The molecule has 1 aliphatic carbocycles. The summed E-state index contributed by atoms with van der Waals surface area (Å²) in [5, 5.41) is 8.75. The molecule has 5 rings (SSSR count). The van der Waals surface area contributed by atoms with Gasteiger partial charge in [-0.1, -0.05) is 59.6 Å². The first-order valence-corrected chi connectivity index (χ1v) is 12.6. The highest BCUT2D eigenvalue weighted by Crippen LogP contribution is 2.33. The second-order valence-electron chi connectivity index (χ2n) is 9.05. The summed E-state index contributed by atoms with van der Waals surface area (Å²) in [5.41, 5.74) is 2.63. The number of hydrogen-bond donors (Lipinski definition) is 2. The van der Waals surface area contributed by atoms with Gasteiger partial charge in [-0.3, -0.25) is 9.36 Å². The summed E-state index contributed by atoms with van der Waals surface area (Å²) < 4.78 is 1.53. The number of aryl methyl sites for hydroxylation is 1. The average molecular weight is 508 g/mol. The number of anilines is 1. The Morgan fingerprint density at radius 1 is 0.971 bits per heavy atom. The molecule has 8 heteroatoms. The van der Waals surface area contributed by atoms with E-state index < -0.39 is 0 Å². The lowest BCUT2D eigenvalue weighted by atomic mass is 9.91. The molecule has 0 radical (unpaired) electrons. The van der Waals surface area contributed by atoms with Gasteiger partial charge in [0.05, 0.1) is 15.6 Å². The number of pyridine rings is 1. The second kappa shape index (κ2) is 10.4. The van der Waals surface area contributed by atoms with Crippen molar-refractivity contribution in [3.63, 3.8) is 0 Å². The molecular formula is C27H27Cl2N5O. The van der Waals surface area contributed by atoms with E-state index in [2.05, 4.69) is 44.9 Å². The van der Waals surface area contributed by atoms with Crippen molar-refractivity contribution in [1.82, 2.24) is 19.9 Å². The van der Waals surface area contributed by atoms with Crippen LogP contribution in [0.3, 0.4) is 0 Å². The summed E-state index contributed by atoms with van der Waals surface area (Å²) in [7, 11) is 1.71. The number of hydrogen-bond acceptors (Lipinski definition) is 5. The Hall–Kier alpha value is -2.93. The average Bonchev–Trinajstić information content (AvgIpc) is 2.87. The number of aromatic nitrogens is 3. The molecule has 2 heterocycles. The summed E-state index contributed by atoms with van der Waals surface area (Å²) in [4.78, 5) is 22.3. The molecule has 6 nitrogen and oxygen atoms in total. The minimum Gasteiger partial charge on any atom is -0.351 e. The zero-order chi connectivity index (χ0) is 24.4. The van der Waals surface area contributed by atoms with Gasteiger partial charge in [-0.2, -0.15) is 4.98 Å². The van der Waals surface area contributed by atoms with Crippen molar-refractivity contribution in [2.45, 2.75) is 44.3 Å². The molecular weight excluding hydrogens is 481 g/mol. The Labute approximate surface area is 214 Å². The van der Waals surface area contributed by atoms with Crippen LogP contribution in [0.4, 0.5) is 5.95 Å². The fourth-order valence-electron chi connectivity index (χ4n) is 4.73. The van der Waals surface area contributed by atoms with Gasteiger partial charge in [0.1, 0.15) is 5.65 Å². The molecule has 180 valence electrons. The molecule has 0 spiro atoms. The third-order valence-electron chi connectivity index (χ3n) is 6.68. The fraction of sp³-hybridized carbons (Fsp3) is 0.296. The van der Waals surface area contributed by atoms with Crippen LogP contribution in [0.5, 0.6) is 0 Å². The van der Waals surface area contributed by atoms with Crippen LogP contribution in [0, 0.1) is 0 Å². The lowest BCUT2D eigenvalue weighted by molar-refractivity contribution is 0.352. The standard InChI is InChI=1S/C27H27Cl2N5O/c1-34-25-18(14-21(26(34)35)24-22(28)8-5-9-23(24)29)16-31-27(33-25)32-20-12-10-19(11-13-20)30-15-17-6-3-2-4-7-17/h2-9,14,16,19-20,30H,10-13,15H2,1H3,(H,31,32,33). The smallest absolute Gasteiger partial charge is 0.259 e. The number of benzene rings is 2. The van der Waals surface area contributed by atoms with Crippen molar-refractivity contribution in [3.05, 3.63) is 86.8 Å². The van der Waals surface area contributed by atoms with Crippen LogP contribution in [0.25, 0.3) is 22.2 Å². The molecule has 2 aromatic heterocycles. The lowest BCUT2D eigenvalue weighted by Gasteiger charge is -2.30. The highest BCUT2D eigenvalue weighted by molar-refractivity contribution is 6.39. The summed E-state index contributed by atoms with van der Waals surface area (Å²) >= 11 is 12.7. The molecule has 0 unspecified atom stereocenters. The topological polar surface area (TPSA) is 71.8 Å². The number of halogens is 2. The van der Waals surface area contributed by atoms with Crippen molar-refractivity contribution >= 4 is 40.2 Å². The van der Waals surface area contributed by atoms with Crippen molar-refractivity contribution in [2.75, 3.05) is 5.32 Å². The minimum atomic E-state index is -0.206. The number of nitrogens with one attached hydrogen (secondary N) is 2. The SMILES string of the molecule is Cn1c(=O)c(-c2c(Cl)cccc2Cl)cc2cnc(NC3CCC(NCc4ccccc4)CC3)nc21. The van der Waals surface area contributed by atoms with Gasteiger partial charge >= 0.3 is 0 Å². The van der Waals surface area contributed by atoms with E-state index in [9.17, 15) is 4.79 Å². The predicted molar refractivity (Wildman–Crippen MR) is 143 cm³/mol. The van der Waals surface area contributed by atoms with Gasteiger partial charge in [0.25, 0.3) is 5.56 Å². The van der Waals surface area contributed by atoms with E-state index >= 15 is 0 Å². The van der Waals surface area contributed by atoms with Crippen LogP contribution < -0.4 is 16.2 Å². The maximum atomic E-state index is 13.1. The molecule has 2 N–H and O–H groups in total. The Kier molecular flexibility index (Phi) is 7.04. The molecule has 0 bridgehead atoms. The zero-order valence-electron chi connectivity index (χ0n) is 19.5. The number of fused-ring (bicyclic) bond motifs is 1. The van der Waals surface area contributed by atoms with E-state index in [1.165, 1.54) is 10.1 Å². The molecule has 0 saturated heterocycles. The van der Waals surface area contributed by atoms with Gasteiger partial charge in [0.2, 0.25) is 5.95 Å². The molecule has 2 aromatic carbocycles. The van der Waals surface area contributed by atoms with E-state index in [0.717, 1.165) is 37.6 Å². The van der Waals surface area contributed by atoms with Crippen LogP contribution >= 0.6 is 23.2 Å². The van der Waals surface area contributed by atoms with Crippen LogP contribution in [0.15, 0.2) is 65.6 Å². The molecule has 0 amide bonds. The Balaban J connectivity index is 1.28. The van der Waals surface area contributed by atoms with Crippen molar-refractivity contribution in [2.24, 2.45) is 7.05 Å². The second-order valence-corrected chi connectivity index (χ2v) is 9.87. The highest BCUT2D eigenvalue weighted by Gasteiger charge is 2.22. The van der Waals surface area contributed by atoms with Crippen molar-refractivity contribution in [3.8, 4) is 11.1 Å². The van der Waals surface area contributed by atoms with E-state index in [4.69, 9.17) is 23.2 Å². The van der Waals surface area contributed by atoms with Gasteiger partial charge in [0.15, 0.2) is 0 Å². The first-order valence-electron chi connectivity index (χ1n) is 11.8. The van der Waals surface area contributed by atoms with Gasteiger partial charge in [-0.15, -0.1) is 0 Å². The number of nitrogens with zero attached hydrogens (tertiary/aromatic N) is 3. The lowest BCUT2D eigenvalue weighted by Crippen LogP contribution is -2.36. The van der Waals surface area contributed by atoms with Crippen molar-refractivity contribution in [1.29, 1.82) is 0 Å². The van der Waals surface area contributed by atoms with Crippen LogP contribution in [-0.4, -0.2) is 26.6 Å².